The number of aromatic amines is 1. The summed E-state index contributed by atoms with van der Waals surface area (Å²) in [7, 11) is 3.23. The molecule has 2 fully saturated rings. The van der Waals surface area contributed by atoms with Crippen molar-refractivity contribution in [3.8, 4) is 22.8 Å². The van der Waals surface area contributed by atoms with E-state index in [4.69, 9.17) is 9.47 Å². The molecule has 2 N–H and O–H groups in total. The SMILES string of the molecule is COc1ccc(-c2cc(C(=O)N3CCC[C@]4(C)NCCC[C@@H]34)[nH]n2)c(OC)c1. The van der Waals surface area contributed by atoms with Crippen molar-refractivity contribution >= 4 is 5.91 Å². The number of ether oxygens (including phenoxy) is 2. The van der Waals surface area contributed by atoms with Gasteiger partial charge in [0, 0.05) is 29.8 Å². The number of piperidine rings is 2. The Hall–Kier alpha value is -2.54. The quantitative estimate of drug-likeness (QED) is 0.847. The van der Waals surface area contributed by atoms with Crippen molar-refractivity contribution in [1.82, 2.24) is 20.4 Å². The predicted octanol–water partition coefficient (Wildman–Crippen LogP) is 2.84. The van der Waals surface area contributed by atoms with Gasteiger partial charge in [-0.3, -0.25) is 9.89 Å². The van der Waals surface area contributed by atoms with Crippen LogP contribution >= 0.6 is 0 Å². The fourth-order valence-corrected chi connectivity index (χ4v) is 4.61. The maximum atomic E-state index is 13.3. The van der Waals surface area contributed by atoms with Crippen LogP contribution in [0.4, 0.5) is 0 Å². The number of hydrogen-bond donors (Lipinski definition) is 2. The summed E-state index contributed by atoms with van der Waals surface area (Å²) in [6.45, 7) is 4.07. The summed E-state index contributed by atoms with van der Waals surface area (Å²) in [5, 5.41) is 11.0. The molecule has 28 heavy (non-hydrogen) atoms. The zero-order valence-corrected chi connectivity index (χ0v) is 16.7. The highest BCUT2D eigenvalue weighted by molar-refractivity contribution is 5.94. The van der Waals surface area contributed by atoms with Gasteiger partial charge in [-0.05, 0) is 57.4 Å². The second kappa shape index (κ2) is 7.47. The van der Waals surface area contributed by atoms with Crippen LogP contribution in [-0.2, 0) is 0 Å². The summed E-state index contributed by atoms with van der Waals surface area (Å²) in [5.74, 6) is 1.39. The third-order valence-electron chi connectivity index (χ3n) is 6.14. The Morgan fingerprint density at radius 2 is 2.11 bits per heavy atom. The number of hydrogen-bond acceptors (Lipinski definition) is 5. The van der Waals surface area contributed by atoms with Gasteiger partial charge < -0.3 is 19.7 Å². The number of nitrogens with one attached hydrogen (secondary N) is 2. The fourth-order valence-electron chi connectivity index (χ4n) is 4.61. The van der Waals surface area contributed by atoms with E-state index in [1.165, 1.54) is 0 Å². The Balaban J connectivity index is 1.60. The highest BCUT2D eigenvalue weighted by Gasteiger charge is 2.44. The molecule has 2 aliphatic rings. The first kappa shape index (κ1) is 18.8. The summed E-state index contributed by atoms with van der Waals surface area (Å²) in [4.78, 5) is 15.3. The number of benzene rings is 1. The molecule has 1 aromatic carbocycles. The van der Waals surface area contributed by atoms with Gasteiger partial charge in [0.2, 0.25) is 0 Å². The summed E-state index contributed by atoms with van der Waals surface area (Å²) >= 11 is 0. The van der Waals surface area contributed by atoms with Crippen LogP contribution in [0, 0.1) is 0 Å². The minimum absolute atomic E-state index is 0.00815. The first-order valence-corrected chi connectivity index (χ1v) is 9.89. The van der Waals surface area contributed by atoms with Gasteiger partial charge in [0.25, 0.3) is 5.91 Å². The molecule has 2 aliphatic heterocycles. The maximum absolute atomic E-state index is 13.3. The minimum Gasteiger partial charge on any atom is -0.497 e. The van der Waals surface area contributed by atoms with Crippen LogP contribution in [0.2, 0.25) is 0 Å². The van der Waals surface area contributed by atoms with Gasteiger partial charge >= 0.3 is 0 Å². The minimum atomic E-state index is 0.00815. The first-order valence-electron chi connectivity index (χ1n) is 9.89. The van der Waals surface area contributed by atoms with Gasteiger partial charge in [0.15, 0.2) is 0 Å². The van der Waals surface area contributed by atoms with Gasteiger partial charge in [-0.25, -0.2) is 0 Å². The molecule has 0 saturated carbocycles. The van der Waals surface area contributed by atoms with Crippen molar-refractivity contribution in [2.45, 2.75) is 44.2 Å². The van der Waals surface area contributed by atoms with Crippen molar-refractivity contribution < 1.29 is 14.3 Å². The molecule has 3 heterocycles. The van der Waals surface area contributed by atoms with E-state index in [0.717, 1.165) is 44.3 Å². The van der Waals surface area contributed by atoms with Crippen molar-refractivity contribution in [2.24, 2.45) is 0 Å². The summed E-state index contributed by atoms with van der Waals surface area (Å²) in [6.07, 6.45) is 4.27. The second-order valence-corrected chi connectivity index (χ2v) is 7.84. The van der Waals surface area contributed by atoms with Gasteiger partial charge in [0.05, 0.1) is 19.9 Å². The fraction of sp³-hybridized carbons (Fsp3) is 0.524. The lowest BCUT2D eigenvalue weighted by atomic mass is 9.77. The van der Waals surface area contributed by atoms with Crippen LogP contribution < -0.4 is 14.8 Å². The number of rotatable bonds is 4. The lowest BCUT2D eigenvalue weighted by molar-refractivity contribution is 0.0249. The molecule has 1 amide bonds. The number of fused-ring (bicyclic) bond motifs is 1. The van der Waals surface area contributed by atoms with E-state index in [1.54, 1.807) is 14.2 Å². The molecule has 2 saturated heterocycles. The zero-order chi connectivity index (χ0) is 19.7. The highest BCUT2D eigenvalue weighted by atomic mass is 16.5. The van der Waals surface area contributed by atoms with Crippen LogP contribution in [0.15, 0.2) is 24.3 Å². The average molecular weight is 384 g/mol. The third kappa shape index (κ3) is 3.24. The lowest BCUT2D eigenvalue weighted by Crippen LogP contribution is -2.65. The number of likely N-dealkylation sites (tertiary alicyclic amines) is 1. The predicted molar refractivity (Wildman–Crippen MR) is 107 cm³/mol. The normalized spacial score (nSPS) is 24.5. The third-order valence-corrected chi connectivity index (χ3v) is 6.14. The number of carbonyl (C=O) groups excluding carboxylic acids is 1. The van der Waals surface area contributed by atoms with E-state index >= 15 is 0 Å². The van der Waals surface area contributed by atoms with Gasteiger partial charge in [-0.1, -0.05) is 0 Å². The van der Waals surface area contributed by atoms with Crippen molar-refractivity contribution in [3.05, 3.63) is 30.0 Å². The van der Waals surface area contributed by atoms with Crippen LogP contribution in [0.5, 0.6) is 11.5 Å². The molecule has 2 aromatic rings. The summed E-state index contributed by atoms with van der Waals surface area (Å²) in [6, 6.07) is 7.61. The Morgan fingerprint density at radius 1 is 1.25 bits per heavy atom. The first-order chi connectivity index (χ1) is 13.6. The number of nitrogens with zero attached hydrogens (tertiary/aromatic N) is 2. The number of methoxy groups -OCH3 is 2. The van der Waals surface area contributed by atoms with Gasteiger partial charge in [-0.15, -0.1) is 0 Å². The molecule has 7 heteroatoms. The number of H-pyrrole nitrogens is 1. The lowest BCUT2D eigenvalue weighted by Gasteiger charge is -2.51. The molecule has 0 spiro atoms. The van der Waals surface area contributed by atoms with E-state index in [2.05, 4.69) is 22.4 Å². The van der Waals surface area contributed by atoms with Crippen molar-refractivity contribution in [1.29, 1.82) is 0 Å². The monoisotopic (exact) mass is 384 g/mol. The van der Waals surface area contributed by atoms with E-state index in [-0.39, 0.29) is 17.5 Å². The smallest absolute Gasteiger partial charge is 0.272 e. The van der Waals surface area contributed by atoms with E-state index in [9.17, 15) is 4.79 Å². The topological polar surface area (TPSA) is 79.5 Å². The molecular weight excluding hydrogens is 356 g/mol. The maximum Gasteiger partial charge on any atom is 0.272 e. The molecule has 7 nitrogen and oxygen atoms in total. The van der Waals surface area contributed by atoms with Crippen LogP contribution in [-0.4, -0.2) is 59.9 Å². The van der Waals surface area contributed by atoms with E-state index in [0.29, 0.717) is 22.9 Å². The number of aromatic nitrogens is 2. The number of amides is 1. The second-order valence-electron chi connectivity index (χ2n) is 7.84. The zero-order valence-electron chi connectivity index (χ0n) is 16.7. The molecule has 2 atom stereocenters. The summed E-state index contributed by atoms with van der Waals surface area (Å²) in [5.41, 5.74) is 2.03. The largest absolute Gasteiger partial charge is 0.497 e. The van der Waals surface area contributed by atoms with E-state index in [1.807, 2.05) is 29.2 Å². The molecule has 1 aromatic heterocycles. The number of carbonyl (C=O) groups is 1. The molecular formula is C21H28N4O3. The van der Waals surface area contributed by atoms with Crippen molar-refractivity contribution in [3.63, 3.8) is 0 Å². The Kier molecular flexibility index (Phi) is 5.02. The Labute approximate surface area is 165 Å². The average Bonchev–Trinajstić information content (AvgIpc) is 3.21. The molecule has 150 valence electrons. The summed E-state index contributed by atoms with van der Waals surface area (Å²) < 4.78 is 10.7. The van der Waals surface area contributed by atoms with E-state index < -0.39 is 0 Å². The Bertz CT molecular complexity index is 861. The van der Waals surface area contributed by atoms with Crippen LogP contribution in [0.25, 0.3) is 11.3 Å². The van der Waals surface area contributed by atoms with Gasteiger partial charge in [-0.2, -0.15) is 5.10 Å². The van der Waals surface area contributed by atoms with Gasteiger partial charge in [0.1, 0.15) is 17.2 Å². The Morgan fingerprint density at radius 3 is 2.89 bits per heavy atom. The molecule has 0 unspecified atom stereocenters. The van der Waals surface area contributed by atoms with Crippen molar-refractivity contribution in [2.75, 3.05) is 27.3 Å². The molecule has 0 bridgehead atoms. The molecule has 4 rings (SSSR count). The molecule has 0 aliphatic carbocycles. The highest BCUT2D eigenvalue weighted by Crippen LogP contribution is 2.35. The van der Waals surface area contributed by atoms with Crippen LogP contribution in [0.1, 0.15) is 43.1 Å². The molecule has 0 radical (unpaired) electrons. The van der Waals surface area contributed by atoms with Crippen LogP contribution in [0.3, 0.4) is 0 Å². The standard InChI is InChI=1S/C21H28N4O3/c1-21-9-5-11-25(19(21)6-4-10-22-21)20(26)17-13-16(23-24-17)15-8-7-14(27-2)12-18(15)28-3/h7-8,12-13,19,22H,4-6,9-11H2,1-3H3,(H,23,24)/t19-,21+/m1/s1.